The lowest BCUT2D eigenvalue weighted by Gasteiger charge is -2.12. The lowest BCUT2D eigenvalue weighted by atomic mass is 11.8. The summed E-state index contributed by atoms with van der Waals surface area (Å²) in [6.45, 7) is 0. The smallest absolute Gasteiger partial charge is 0.367 e. The van der Waals surface area contributed by atoms with Crippen LogP contribution < -0.4 is 0 Å². The zero-order valence-corrected chi connectivity index (χ0v) is 6.31. The van der Waals surface area contributed by atoms with E-state index in [9.17, 15) is 0 Å². The molecule has 4 nitrogen and oxygen atoms in total. The molecule has 0 unspecified atom stereocenters. The van der Waals surface area contributed by atoms with Crippen molar-refractivity contribution in [1.82, 2.24) is 0 Å². The van der Waals surface area contributed by atoms with Gasteiger partial charge in [0.2, 0.25) is 0 Å². The Morgan fingerprint density at radius 2 is 1.75 bits per heavy atom. The van der Waals surface area contributed by atoms with E-state index in [1.165, 1.54) is 14.2 Å². The van der Waals surface area contributed by atoms with E-state index in [-0.39, 0.29) is 0 Å². The zero-order valence-electron chi connectivity index (χ0n) is 4.55. The molecule has 0 heterocycles. The molecule has 0 amide bonds. The van der Waals surface area contributed by atoms with Crippen molar-refractivity contribution in [2.45, 2.75) is 0 Å². The maximum atomic E-state index is 8.78. The van der Waals surface area contributed by atoms with Gasteiger partial charge >= 0.3 is 9.05 Å². The van der Waals surface area contributed by atoms with Gasteiger partial charge in [-0.25, -0.2) is 3.98 Å². The summed E-state index contributed by atoms with van der Waals surface area (Å²) in [5, 5.41) is 0. The molecule has 0 atom stereocenters. The molecule has 0 aliphatic heterocycles. The standard InChI is InChI=1S/C2H7ClO4Si/c1-5-8(4,6-2)7-3/h4H,1-2H3. The molecule has 1 N–H and O–H groups in total. The van der Waals surface area contributed by atoms with Gasteiger partial charge in [-0.1, -0.05) is 0 Å². The largest absolute Gasteiger partial charge is 0.693 e. The van der Waals surface area contributed by atoms with E-state index < -0.39 is 9.05 Å². The van der Waals surface area contributed by atoms with Crippen LogP contribution >= 0.6 is 11.9 Å². The molecule has 0 aliphatic carbocycles. The summed E-state index contributed by atoms with van der Waals surface area (Å²) in [6, 6.07) is 0. The molecule has 8 heavy (non-hydrogen) atoms. The second-order valence-corrected chi connectivity index (χ2v) is 3.49. The van der Waals surface area contributed by atoms with E-state index in [2.05, 4.69) is 12.8 Å². The highest BCUT2D eigenvalue weighted by atomic mass is 35.5. The van der Waals surface area contributed by atoms with Crippen molar-refractivity contribution in [3.05, 3.63) is 0 Å². The summed E-state index contributed by atoms with van der Waals surface area (Å²) in [5.74, 6) is 0. The molecule has 0 aliphatic rings. The molecule has 0 spiro atoms. The van der Waals surface area contributed by atoms with Crippen LogP contribution in [0.25, 0.3) is 0 Å². The van der Waals surface area contributed by atoms with Crippen LogP contribution in [0.2, 0.25) is 0 Å². The first-order valence-corrected chi connectivity index (χ1v) is 3.79. The molecular weight excluding hydrogens is 152 g/mol. The number of hydrogen-bond acceptors (Lipinski definition) is 4. The van der Waals surface area contributed by atoms with Gasteiger partial charge in [-0.05, 0) is 0 Å². The van der Waals surface area contributed by atoms with Crippen molar-refractivity contribution in [2.24, 2.45) is 0 Å². The van der Waals surface area contributed by atoms with Crippen molar-refractivity contribution >= 4 is 20.9 Å². The van der Waals surface area contributed by atoms with Gasteiger partial charge in [0.25, 0.3) is 0 Å². The molecule has 6 heteroatoms. The highest BCUT2D eigenvalue weighted by Crippen LogP contribution is 2.02. The summed E-state index contributed by atoms with van der Waals surface area (Å²) in [4.78, 5) is 8.78. The van der Waals surface area contributed by atoms with Crippen LogP contribution in [0.15, 0.2) is 0 Å². The fourth-order valence-corrected chi connectivity index (χ4v) is 0.817. The lowest BCUT2D eigenvalue weighted by molar-refractivity contribution is 0.0774. The molecule has 0 aromatic heterocycles. The Hall–Kier alpha value is 0.347. The monoisotopic (exact) mass is 158 g/mol. The predicted molar refractivity (Wildman–Crippen MR) is 28.9 cm³/mol. The second kappa shape index (κ2) is 3.39. The van der Waals surface area contributed by atoms with E-state index in [0.717, 1.165) is 0 Å². The normalized spacial score (nSPS) is 12.0. The summed E-state index contributed by atoms with van der Waals surface area (Å²) in [6.07, 6.45) is 0. The van der Waals surface area contributed by atoms with Crippen molar-refractivity contribution in [3.8, 4) is 0 Å². The summed E-state index contributed by atoms with van der Waals surface area (Å²) in [7, 11) is -0.910. The Morgan fingerprint density at radius 1 is 1.38 bits per heavy atom. The van der Waals surface area contributed by atoms with Gasteiger partial charge in [0.1, 0.15) is 0 Å². The Balaban J connectivity index is 3.58. The number of halogens is 1. The van der Waals surface area contributed by atoms with Crippen LogP contribution in [0.1, 0.15) is 0 Å². The van der Waals surface area contributed by atoms with E-state index in [0.29, 0.717) is 0 Å². The van der Waals surface area contributed by atoms with Gasteiger partial charge in [0, 0.05) is 14.2 Å². The third kappa shape index (κ3) is 2.08. The summed E-state index contributed by atoms with van der Waals surface area (Å²) in [5.41, 5.74) is 0. The van der Waals surface area contributed by atoms with E-state index >= 15 is 0 Å². The maximum absolute atomic E-state index is 8.78. The third-order valence-corrected chi connectivity index (χ3v) is 2.43. The second-order valence-electron chi connectivity index (χ2n) is 1.01. The minimum atomic E-state index is -3.41. The molecule has 50 valence electrons. The van der Waals surface area contributed by atoms with Gasteiger partial charge in [-0.2, -0.15) is 0 Å². The van der Waals surface area contributed by atoms with Crippen molar-refractivity contribution in [1.29, 1.82) is 0 Å². The molecular formula is C2H7ClO4Si. The molecule has 0 saturated heterocycles. The van der Waals surface area contributed by atoms with E-state index in [1.54, 1.807) is 0 Å². The summed E-state index contributed by atoms with van der Waals surface area (Å²) >= 11 is 4.77. The zero-order chi connectivity index (χ0) is 6.62. The first-order valence-electron chi connectivity index (χ1n) is 1.81. The average Bonchev–Trinajstić information content (AvgIpc) is 1.87. The number of rotatable bonds is 3. The van der Waals surface area contributed by atoms with Gasteiger partial charge in [-0.3, -0.25) is 0 Å². The Morgan fingerprint density at radius 3 is 1.75 bits per heavy atom. The average molecular weight is 159 g/mol. The van der Waals surface area contributed by atoms with Gasteiger partial charge in [-0.15, -0.1) is 0 Å². The van der Waals surface area contributed by atoms with Crippen molar-refractivity contribution in [2.75, 3.05) is 14.2 Å². The van der Waals surface area contributed by atoms with Gasteiger partial charge in [0.05, 0.1) is 11.9 Å². The Kier molecular flexibility index (Phi) is 3.53. The predicted octanol–water partition coefficient (Wildman–Crippen LogP) is -0.122. The molecule has 0 aromatic carbocycles. The van der Waals surface area contributed by atoms with Crippen molar-refractivity contribution < 1.29 is 17.6 Å². The highest BCUT2D eigenvalue weighted by molar-refractivity contribution is 6.56. The molecule has 0 aromatic rings. The first kappa shape index (κ1) is 8.35. The third-order valence-electron chi connectivity index (χ3n) is 0.613. The minimum Gasteiger partial charge on any atom is -0.367 e. The van der Waals surface area contributed by atoms with Crippen LogP contribution in [0.3, 0.4) is 0 Å². The fourth-order valence-electron chi connectivity index (χ4n) is 0.146. The Bertz CT molecular complexity index is 56.8. The molecule has 0 bridgehead atoms. The summed E-state index contributed by atoms with van der Waals surface area (Å²) < 4.78 is 12.7. The fraction of sp³-hybridized carbons (Fsp3) is 1.00. The topological polar surface area (TPSA) is 47.9 Å². The SMILES string of the molecule is CO[Si](O)(OC)OCl. The van der Waals surface area contributed by atoms with Crippen molar-refractivity contribution in [3.63, 3.8) is 0 Å². The van der Waals surface area contributed by atoms with Crippen LogP contribution in [0.4, 0.5) is 0 Å². The van der Waals surface area contributed by atoms with Crippen LogP contribution in [0, 0.1) is 0 Å². The first-order chi connectivity index (χ1) is 3.68. The lowest BCUT2D eigenvalue weighted by Crippen LogP contribution is -2.41. The van der Waals surface area contributed by atoms with Crippen LogP contribution in [0.5, 0.6) is 0 Å². The van der Waals surface area contributed by atoms with Crippen LogP contribution in [-0.4, -0.2) is 28.1 Å². The molecule has 0 radical (unpaired) electrons. The molecule has 0 rings (SSSR count). The maximum Gasteiger partial charge on any atom is 0.693 e. The van der Waals surface area contributed by atoms with Crippen LogP contribution in [-0.2, 0) is 12.8 Å². The minimum absolute atomic E-state index is 1.25. The molecule has 0 fully saturated rings. The van der Waals surface area contributed by atoms with Gasteiger partial charge < -0.3 is 13.6 Å². The molecule has 0 saturated carbocycles. The quantitative estimate of drug-likeness (QED) is 0.582. The Labute approximate surface area is 53.6 Å². The van der Waals surface area contributed by atoms with E-state index in [1.807, 2.05) is 0 Å². The van der Waals surface area contributed by atoms with Gasteiger partial charge in [0.15, 0.2) is 0 Å². The number of hydrogen-bond donors (Lipinski definition) is 1. The van der Waals surface area contributed by atoms with E-state index in [4.69, 9.17) is 16.7 Å². The highest BCUT2D eigenvalue weighted by Gasteiger charge is 2.38.